The zero-order chi connectivity index (χ0) is 12.4. The van der Waals surface area contributed by atoms with Gasteiger partial charge in [-0.2, -0.15) is 24.7 Å². The quantitative estimate of drug-likeness (QED) is 0.851. The molecular weight excluding hydrogens is 230 g/mol. The van der Waals surface area contributed by atoms with Crippen LogP contribution in [0.5, 0.6) is 0 Å². The van der Waals surface area contributed by atoms with Crippen LogP contribution in [0, 0.1) is 0 Å². The molecule has 7 nitrogen and oxygen atoms in total. The van der Waals surface area contributed by atoms with Gasteiger partial charge in [-0.1, -0.05) is 6.92 Å². The van der Waals surface area contributed by atoms with Crippen LogP contribution in [0.15, 0.2) is 12.7 Å². The minimum Gasteiger partial charge on any atom is -0.354 e. The van der Waals surface area contributed by atoms with Crippen LogP contribution in [-0.2, 0) is 0 Å². The zero-order valence-corrected chi connectivity index (χ0v) is 10.2. The number of nitrogens with zero attached hydrogens (tertiary/aromatic N) is 6. The fraction of sp³-hybridized carbons (Fsp3) is 0.545. The molecule has 1 aliphatic rings. The summed E-state index contributed by atoms with van der Waals surface area (Å²) in [5, 5.41) is 7.25. The minimum atomic E-state index is 0.484. The number of hydrogen-bond donors (Lipinski definition) is 1. The lowest BCUT2D eigenvalue weighted by molar-refractivity contribution is 0.763. The van der Waals surface area contributed by atoms with Gasteiger partial charge >= 0.3 is 0 Å². The van der Waals surface area contributed by atoms with Gasteiger partial charge in [-0.3, -0.25) is 0 Å². The first-order valence-electron chi connectivity index (χ1n) is 6.21. The van der Waals surface area contributed by atoms with Crippen LogP contribution in [0.4, 0.5) is 5.95 Å². The first-order valence-corrected chi connectivity index (χ1v) is 6.21. The lowest BCUT2D eigenvalue weighted by atomic mass is 10.4. The first kappa shape index (κ1) is 11.1. The van der Waals surface area contributed by atoms with Crippen molar-refractivity contribution in [3.8, 4) is 5.95 Å². The molecular formula is C11H15N7. The third kappa shape index (κ3) is 2.29. The fourth-order valence-corrected chi connectivity index (χ4v) is 1.63. The Hall–Kier alpha value is -2.05. The summed E-state index contributed by atoms with van der Waals surface area (Å²) in [5.41, 5.74) is 0. The summed E-state index contributed by atoms with van der Waals surface area (Å²) in [7, 11) is 0. The van der Waals surface area contributed by atoms with Gasteiger partial charge < -0.3 is 5.32 Å². The van der Waals surface area contributed by atoms with E-state index in [0.717, 1.165) is 31.6 Å². The van der Waals surface area contributed by atoms with Crippen molar-refractivity contribution in [1.82, 2.24) is 29.7 Å². The summed E-state index contributed by atoms with van der Waals surface area (Å²) in [5.74, 6) is 2.49. The number of nitrogens with one attached hydrogen (secondary N) is 1. The standard InChI is InChI=1S/C11H15N7/c1-2-5-13-10-15-9(8-3-4-8)16-11(17-10)18-7-12-6-14-18/h6-8H,2-5H2,1H3,(H,13,15,16,17). The Labute approximate surface area is 105 Å². The summed E-state index contributed by atoms with van der Waals surface area (Å²) in [6, 6.07) is 0. The monoisotopic (exact) mass is 245 g/mol. The predicted octanol–water partition coefficient (Wildman–Crippen LogP) is 1.15. The van der Waals surface area contributed by atoms with Crippen molar-refractivity contribution in [2.75, 3.05) is 11.9 Å². The van der Waals surface area contributed by atoms with Gasteiger partial charge in [0.2, 0.25) is 5.95 Å². The molecule has 2 aromatic heterocycles. The molecule has 7 heteroatoms. The van der Waals surface area contributed by atoms with E-state index >= 15 is 0 Å². The lowest BCUT2D eigenvalue weighted by Gasteiger charge is -2.07. The second-order valence-corrected chi connectivity index (χ2v) is 4.36. The van der Waals surface area contributed by atoms with E-state index in [0.29, 0.717) is 17.8 Å². The molecule has 0 aliphatic heterocycles. The van der Waals surface area contributed by atoms with Gasteiger partial charge in [-0.25, -0.2) is 4.98 Å². The van der Waals surface area contributed by atoms with E-state index < -0.39 is 0 Å². The van der Waals surface area contributed by atoms with Gasteiger partial charge in [-0.15, -0.1) is 0 Å². The van der Waals surface area contributed by atoms with E-state index in [2.05, 4.69) is 37.3 Å². The molecule has 0 spiro atoms. The van der Waals surface area contributed by atoms with Gasteiger partial charge in [-0.05, 0) is 19.3 Å². The molecule has 1 aliphatic carbocycles. The van der Waals surface area contributed by atoms with Crippen LogP contribution in [0.2, 0.25) is 0 Å². The first-order chi connectivity index (χ1) is 8.86. The van der Waals surface area contributed by atoms with Crippen molar-refractivity contribution in [2.45, 2.75) is 32.1 Å². The van der Waals surface area contributed by atoms with Gasteiger partial charge in [0.1, 0.15) is 18.5 Å². The average molecular weight is 245 g/mol. The third-order valence-corrected chi connectivity index (χ3v) is 2.74. The van der Waals surface area contributed by atoms with Crippen LogP contribution >= 0.6 is 0 Å². The lowest BCUT2D eigenvalue weighted by Crippen LogP contribution is -2.12. The van der Waals surface area contributed by atoms with Crippen LogP contribution < -0.4 is 5.32 Å². The van der Waals surface area contributed by atoms with Crippen LogP contribution in [0.25, 0.3) is 5.95 Å². The Bertz CT molecular complexity index is 518. The molecule has 94 valence electrons. The fourth-order valence-electron chi connectivity index (χ4n) is 1.63. The maximum Gasteiger partial charge on any atom is 0.257 e. The molecule has 1 N–H and O–H groups in total. The third-order valence-electron chi connectivity index (χ3n) is 2.74. The maximum absolute atomic E-state index is 4.45. The second-order valence-electron chi connectivity index (χ2n) is 4.36. The summed E-state index contributed by atoms with van der Waals surface area (Å²) in [6.07, 6.45) is 6.42. The van der Waals surface area contributed by atoms with Crippen molar-refractivity contribution < 1.29 is 0 Å². The van der Waals surface area contributed by atoms with E-state index in [9.17, 15) is 0 Å². The Morgan fingerprint density at radius 1 is 1.33 bits per heavy atom. The van der Waals surface area contributed by atoms with Gasteiger partial charge in [0.05, 0.1) is 0 Å². The van der Waals surface area contributed by atoms with Gasteiger partial charge in [0.25, 0.3) is 5.95 Å². The molecule has 0 aromatic carbocycles. The zero-order valence-electron chi connectivity index (χ0n) is 10.2. The number of aromatic nitrogens is 6. The normalized spacial score (nSPS) is 14.7. The molecule has 18 heavy (non-hydrogen) atoms. The van der Waals surface area contributed by atoms with E-state index in [1.54, 1.807) is 11.0 Å². The number of hydrogen-bond acceptors (Lipinski definition) is 6. The van der Waals surface area contributed by atoms with Crippen molar-refractivity contribution in [2.24, 2.45) is 0 Å². The predicted molar refractivity (Wildman–Crippen MR) is 65.5 cm³/mol. The van der Waals surface area contributed by atoms with Crippen molar-refractivity contribution >= 4 is 5.95 Å². The molecule has 0 saturated heterocycles. The molecule has 0 bridgehead atoms. The van der Waals surface area contributed by atoms with Crippen molar-refractivity contribution in [1.29, 1.82) is 0 Å². The Morgan fingerprint density at radius 2 is 2.22 bits per heavy atom. The summed E-state index contributed by atoms with van der Waals surface area (Å²) in [4.78, 5) is 17.2. The highest BCUT2D eigenvalue weighted by molar-refractivity contribution is 5.29. The average Bonchev–Trinajstić information content (AvgIpc) is 3.11. The molecule has 0 amide bonds. The largest absolute Gasteiger partial charge is 0.354 e. The van der Waals surface area contributed by atoms with Crippen LogP contribution in [0.3, 0.4) is 0 Å². The molecule has 0 atom stereocenters. The highest BCUT2D eigenvalue weighted by Crippen LogP contribution is 2.38. The van der Waals surface area contributed by atoms with Gasteiger partial charge in [0, 0.05) is 12.5 Å². The number of anilines is 1. The molecule has 1 saturated carbocycles. The Balaban J connectivity index is 1.94. The topological polar surface area (TPSA) is 81.4 Å². The van der Waals surface area contributed by atoms with E-state index in [1.165, 1.54) is 6.33 Å². The Morgan fingerprint density at radius 3 is 2.89 bits per heavy atom. The molecule has 3 rings (SSSR count). The van der Waals surface area contributed by atoms with Crippen LogP contribution in [-0.4, -0.2) is 36.3 Å². The SMILES string of the molecule is CCCNc1nc(C2CC2)nc(-n2cncn2)n1. The molecule has 0 unspecified atom stereocenters. The smallest absolute Gasteiger partial charge is 0.257 e. The van der Waals surface area contributed by atoms with E-state index in [-0.39, 0.29) is 0 Å². The number of rotatable bonds is 5. The van der Waals surface area contributed by atoms with Crippen molar-refractivity contribution in [3.63, 3.8) is 0 Å². The molecule has 2 heterocycles. The summed E-state index contributed by atoms with van der Waals surface area (Å²) in [6.45, 7) is 2.96. The van der Waals surface area contributed by atoms with Crippen molar-refractivity contribution in [3.05, 3.63) is 18.5 Å². The van der Waals surface area contributed by atoms with E-state index in [4.69, 9.17) is 0 Å². The maximum atomic E-state index is 4.45. The summed E-state index contributed by atoms with van der Waals surface area (Å²) >= 11 is 0. The molecule has 1 fully saturated rings. The van der Waals surface area contributed by atoms with E-state index in [1.807, 2.05) is 0 Å². The molecule has 2 aromatic rings. The molecule has 0 radical (unpaired) electrons. The second kappa shape index (κ2) is 4.67. The van der Waals surface area contributed by atoms with Gasteiger partial charge in [0.15, 0.2) is 0 Å². The highest BCUT2D eigenvalue weighted by Gasteiger charge is 2.28. The van der Waals surface area contributed by atoms with Crippen LogP contribution in [0.1, 0.15) is 37.9 Å². The minimum absolute atomic E-state index is 0.484. The Kier molecular flexibility index (Phi) is 2.87. The summed E-state index contributed by atoms with van der Waals surface area (Å²) < 4.78 is 1.56. The highest BCUT2D eigenvalue weighted by atomic mass is 15.4.